The lowest BCUT2D eigenvalue weighted by molar-refractivity contribution is -0.145. The number of carbonyl (C=O) groups is 2. The van der Waals surface area contributed by atoms with Gasteiger partial charge >= 0.3 is 5.97 Å². The molecule has 5 nitrogen and oxygen atoms in total. The first-order valence-corrected chi connectivity index (χ1v) is 8.68. The number of ether oxygens (including phenoxy) is 1. The molecule has 5 heteroatoms. The monoisotopic (exact) mass is 332 g/mol. The van der Waals surface area contributed by atoms with Crippen LogP contribution in [0.15, 0.2) is 30.3 Å². The van der Waals surface area contributed by atoms with E-state index >= 15 is 0 Å². The first kappa shape index (κ1) is 18.5. The number of hydrogen-bond acceptors (Lipinski definition) is 4. The summed E-state index contributed by atoms with van der Waals surface area (Å²) in [5, 5.41) is 6.33. The number of carbonyl (C=O) groups excluding carboxylic acids is 2. The second-order valence-corrected chi connectivity index (χ2v) is 6.62. The SMILES string of the molecule is COC(=O)[C@H](Cc1ccccc1)NC(=O)[C@H](C)[C@@H](C)C1CCCN1. The molecule has 0 aliphatic carbocycles. The molecule has 2 N–H and O–H groups in total. The van der Waals surface area contributed by atoms with Crippen LogP contribution in [0.3, 0.4) is 0 Å². The third-order valence-electron chi connectivity index (χ3n) is 5.02. The minimum Gasteiger partial charge on any atom is -0.467 e. The number of benzene rings is 1. The molecule has 1 fully saturated rings. The van der Waals surface area contributed by atoms with Crippen molar-refractivity contribution >= 4 is 11.9 Å². The number of amides is 1. The van der Waals surface area contributed by atoms with E-state index in [0.29, 0.717) is 12.5 Å². The Balaban J connectivity index is 1.99. The summed E-state index contributed by atoms with van der Waals surface area (Å²) in [6.07, 6.45) is 2.69. The molecule has 1 amide bonds. The molecule has 1 aromatic carbocycles. The zero-order chi connectivity index (χ0) is 17.5. The van der Waals surface area contributed by atoms with Gasteiger partial charge in [0.15, 0.2) is 0 Å². The van der Waals surface area contributed by atoms with E-state index in [1.54, 1.807) is 0 Å². The van der Waals surface area contributed by atoms with Crippen LogP contribution in [0.25, 0.3) is 0 Å². The van der Waals surface area contributed by atoms with Gasteiger partial charge in [-0.1, -0.05) is 44.2 Å². The minimum atomic E-state index is -0.656. The van der Waals surface area contributed by atoms with Gasteiger partial charge in [-0.05, 0) is 30.9 Å². The maximum Gasteiger partial charge on any atom is 0.328 e. The fourth-order valence-electron chi connectivity index (χ4n) is 3.24. The normalized spacial score (nSPS) is 20.9. The maximum atomic E-state index is 12.6. The van der Waals surface area contributed by atoms with E-state index in [2.05, 4.69) is 17.6 Å². The average Bonchev–Trinajstić information content (AvgIpc) is 3.14. The number of esters is 1. The van der Waals surface area contributed by atoms with Gasteiger partial charge in [0.25, 0.3) is 0 Å². The lowest BCUT2D eigenvalue weighted by atomic mass is 9.87. The zero-order valence-corrected chi connectivity index (χ0v) is 14.7. The highest BCUT2D eigenvalue weighted by Crippen LogP contribution is 2.22. The molecule has 1 aromatic rings. The molecule has 0 saturated carbocycles. The molecule has 132 valence electrons. The fraction of sp³-hybridized carbons (Fsp3) is 0.579. The Labute approximate surface area is 144 Å². The summed E-state index contributed by atoms with van der Waals surface area (Å²) in [6, 6.07) is 9.36. The zero-order valence-electron chi connectivity index (χ0n) is 14.7. The highest BCUT2D eigenvalue weighted by atomic mass is 16.5. The topological polar surface area (TPSA) is 67.4 Å². The summed E-state index contributed by atoms with van der Waals surface area (Å²) in [5.41, 5.74) is 0.992. The van der Waals surface area contributed by atoms with Gasteiger partial charge in [-0.15, -0.1) is 0 Å². The van der Waals surface area contributed by atoms with Gasteiger partial charge < -0.3 is 15.4 Å². The molecule has 0 spiro atoms. The molecule has 1 saturated heterocycles. The molecule has 1 aliphatic heterocycles. The fourth-order valence-corrected chi connectivity index (χ4v) is 3.24. The van der Waals surface area contributed by atoms with E-state index in [4.69, 9.17) is 4.74 Å². The first-order chi connectivity index (χ1) is 11.5. The Hall–Kier alpha value is -1.88. The van der Waals surface area contributed by atoms with Gasteiger partial charge in [0, 0.05) is 18.4 Å². The Morgan fingerprint density at radius 3 is 2.58 bits per heavy atom. The molecule has 4 atom stereocenters. The van der Waals surface area contributed by atoms with Gasteiger partial charge in [0.2, 0.25) is 5.91 Å². The van der Waals surface area contributed by atoms with Gasteiger partial charge in [-0.25, -0.2) is 4.79 Å². The highest BCUT2D eigenvalue weighted by Gasteiger charge is 2.31. The summed E-state index contributed by atoms with van der Waals surface area (Å²) in [7, 11) is 1.35. The number of hydrogen-bond donors (Lipinski definition) is 2. The summed E-state index contributed by atoms with van der Waals surface area (Å²) in [6.45, 7) is 5.04. The second kappa shape index (κ2) is 8.83. The lowest BCUT2D eigenvalue weighted by Crippen LogP contribution is -2.47. The van der Waals surface area contributed by atoms with Crippen molar-refractivity contribution in [3.63, 3.8) is 0 Å². The predicted molar refractivity (Wildman–Crippen MR) is 93.4 cm³/mol. The van der Waals surface area contributed by atoms with Gasteiger partial charge in [0.05, 0.1) is 7.11 Å². The third-order valence-corrected chi connectivity index (χ3v) is 5.02. The van der Waals surface area contributed by atoms with Crippen LogP contribution in [0.5, 0.6) is 0 Å². The predicted octanol–water partition coefficient (Wildman–Crippen LogP) is 1.91. The summed E-state index contributed by atoms with van der Waals surface area (Å²) >= 11 is 0. The van der Waals surface area contributed by atoms with E-state index < -0.39 is 12.0 Å². The maximum absolute atomic E-state index is 12.6. The lowest BCUT2D eigenvalue weighted by Gasteiger charge is -2.27. The van der Waals surface area contributed by atoms with E-state index in [0.717, 1.165) is 24.9 Å². The van der Waals surface area contributed by atoms with Crippen LogP contribution in [-0.2, 0) is 20.7 Å². The van der Waals surface area contributed by atoms with Crippen LogP contribution in [0.2, 0.25) is 0 Å². The summed E-state index contributed by atoms with van der Waals surface area (Å²) in [5.74, 6) is -0.445. The van der Waals surface area contributed by atoms with Gasteiger partial charge in [0.1, 0.15) is 6.04 Å². The van der Waals surface area contributed by atoms with E-state index in [-0.39, 0.29) is 17.7 Å². The largest absolute Gasteiger partial charge is 0.467 e. The first-order valence-electron chi connectivity index (χ1n) is 8.68. The van der Waals surface area contributed by atoms with Crippen molar-refractivity contribution in [2.75, 3.05) is 13.7 Å². The Bertz CT molecular complexity index is 541. The van der Waals surface area contributed by atoms with E-state index in [1.807, 2.05) is 37.3 Å². The van der Waals surface area contributed by atoms with Crippen molar-refractivity contribution in [3.8, 4) is 0 Å². The smallest absolute Gasteiger partial charge is 0.328 e. The molecule has 1 aliphatic rings. The van der Waals surface area contributed by atoms with Crippen molar-refractivity contribution in [1.29, 1.82) is 0 Å². The number of methoxy groups -OCH3 is 1. The van der Waals surface area contributed by atoms with Crippen LogP contribution in [0.1, 0.15) is 32.3 Å². The van der Waals surface area contributed by atoms with Crippen molar-refractivity contribution in [2.24, 2.45) is 11.8 Å². The van der Waals surface area contributed by atoms with Crippen LogP contribution in [0, 0.1) is 11.8 Å². The molecule has 1 unspecified atom stereocenters. The standard InChI is InChI=1S/C19H28N2O3/c1-13(16-10-7-11-20-16)14(2)18(22)21-17(19(23)24-3)12-15-8-5-4-6-9-15/h4-6,8-9,13-14,16-17,20H,7,10-12H2,1-3H3,(H,21,22)/t13-,14-,16?,17+/m1/s1. The quantitative estimate of drug-likeness (QED) is 0.749. The van der Waals surface area contributed by atoms with Gasteiger partial charge in [-0.3, -0.25) is 4.79 Å². The molecule has 0 radical (unpaired) electrons. The van der Waals surface area contributed by atoms with Crippen LogP contribution in [-0.4, -0.2) is 37.6 Å². The molecule has 0 bridgehead atoms. The Morgan fingerprint density at radius 2 is 2.00 bits per heavy atom. The highest BCUT2D eigenvalue weighted by molar-refractivity contribution is 5.86. The molecule has 2 rings (SSSR count). The summed E-state index contributed by atoms with van der Waals surface area (Å²) in [4.78, 5) is 24.7. The van der Waals surface area contributed by atoms with Crippen molar-refractivity contribution in [3.05, 3.63) is 35.9 Å². The molecule has 1 heterocycles. The second-order valence-electron chi connectivity index (χ2n) is 6.62. The van der Waals surface area contributed by atoms with Crippen molar-refractivity contribution in [2.45, 2.75) is 45.2 Å². The van der Waals surface area contributed by atoms with Crippen molar-refractivity contribution < 1.29 is 14.3 Å². The van der Waals surface area contributed by atoms with E-state index in [1.165, 1.54) is 7.11 Å². The van der Waals surface area contributed by atoms with Crippen LogP contribution in [0.4, 0.5) is 0 Å². The number of rotatable bonds is 7. The molecular formula is C19H28N2O3. The molecule has 0 aromatic heterocycles. The van der Waals surface area contributed by atoms with E-state index in [9.17, 15) is 9.59 Å². The molecule has 24 heavy (non-hydrogen) atoms. The minimum absolute atomic E-state index is 0.0949. The van der Waals surface area contributed by atoms with Crippen molar-refractivity contribution in [1.82, 2.24) is 10.6 Å². The Kier molecular flexibility index (Phi) is 6.79. The Morgan fingerprint density at radius 1 is 1.29 bits per heavy atom. The summed E-state index contributed by atoms with van der Waals surface area (Å²) < 4.78 is 4.86. The molecular weight excluding hydrogens is 304 g/mol. The number of nitrogens with one attached hydrogen (secondary N) is 2. The van der Waals surface area contributed by atoms with Crippen LogP contribution < -0.4 is 10.6 Å². The average molecular weight is 332 g/mol. The third kappa shape index (κ3) is 4.81. The van der Waals surface area contributed by atoms with Crippen LogP contribution >= 0.6 is 0 Å². The van der Waals surface area contributed by atoms with Gasteiger partial charge in [-0.2, -0.15) is 0 Å².